The molecule has 0 saturated heterocycles. The van der Waals surface area contributed by atoms with Gasteiger partial charge in [-0.15, -0.1) is 0 Å². The molecule has 5 aromatic carbocycles. The Kier molecular flexibility index (Phi) is 4.47. The molecule has 38 heavy (non-hydrogen) atoms. The van der Waals surface area contributed by atoms with Crippen LogP contribution in [0.4, 0.5) is 5.69 Å². The SMILES string of the molecule is CN1C=CN(c2ccc3c(c2)c2cc4c5ccccc5n(-c5ccccc5)c4cc2n3-c2ccccc2)C1. The molecule has 0 amide bonds. The van der Waals surface area contributed by atoms with Crippen molar-refractivity contribution < 1.29 is 0 Å². The molecule has 0 atom stereocenters. The largest absolute Gasteiger partial charge is 0.361 e. The maximum absolute atomic E-state index is 2.41. The first-order valence-electron chi connectivity index (χ1n) is 13.0. The lowest BCUT2D eigenvalue weighted by Crippen LogP contribution is -2.21. The molecule has 0 bridgehead atoms. The van der Waals surface area contributed by atoms with E-state index in [1.54, 1.807) is 0 Å². The molecule has 0 aliphatic carbocycles. The molecule has 0 N–H and O–H groups in total. The summed E-state index contributed by atoms with van der Waals surface area (Å²) < 4.78 is 4.81. The van der Waals surface area contributed by atoms with Crippen LogP contribution in [0.5, 0.6) is 0 Å². The summed E-state index contributed by atoms with van der Waals surface area (Å²) in [5.74, 6) is 0. The lowest BCUT2D eigenvalue weighted by Gasteiger charge is -2.18. The number of aromatic nitrogens is 2. The van der Waals surface area contributed by atoms with E-state index in [2.05, 4.69) is 154 Å². The van der Waals surface area contributed by atoms with E-state index in [1.807, 2.05) is 0 Å². The first kappa shape index (κ1) is 21.2. The molecule has 7 aromatic rings. The zero-order valence-electron chi connectivity index (χ0n) is 21.1. The molecule has 0 spiro atoms. The summed E-state index contributed by atoms with van der Waals surface area (Å²) in [4.78, 5) is 4.49. The molecule has 0 unspecified atom stereocenters. The van der Waals surface area contributed by atoms with Gasteiger partial charge < -0.3 is 18.9 Å². The zero-order valence-corrected chi connectivity index (χ0v) is 21.1. The Morgan fingerprint density at radius 3 is 1.68 bits per heavy atom. The number of hydrogen-bond acceptors (Lipinski definition) is 2. The van der Waals surface area contributed by atoms with Crippen molar-refractivity contribution in [3.63, 3.8) is 0 Å². The highest BCUT2D eigenvalue weighted by atomic mass is 15.3. The van der Waals surface area contributed by atoms with Crippen molar-refractivity contribution in [2.24, 2.45) is 0 Å². The zero-order chi connectivity index (χ0) is 25.2. The van der Waals surface area contributed by atoms with Crippen molar-refractivity contribution >= 4 is 49.3 Å². The highest BCUT2D eigenvalue weighted by molar-refractivity contribution is 6.19. The number of fused-ring (bicyclic) bond motifs is 6. The molecule has 0 fully saturated rings. The van der Waals surface area contributed by atoms with Crippen molar-refractivity contribution in [1.29, 1.82) is 0 Å². The van der Waals surface area contributed by atoms with Gasteiger partial charge in [-0.05, 0) is 60.7 Å². The maximum atomic E-state index is 2.41. The van der Waals surface area contributed by atoms with Crippen LogP contribution in [-0.2, 0) is 0 Å². The molecule has 2 aromatic heterocycles. The predicted molar refractivity (Wildman–Crippen MR) is 159 cm³/mol. The Balaban J connectivity index is 1.51. The van der Waals surface area contributed by atoms with E-state index in [0.29, 0.717) is 0 Å². The summed E-state index contributed by atoms with van der Waals surface area (Å²) >= 11 is 0. The highest BCUT2D eigenvalue weighted by Crippen LogP contribution is 2.40. The van der Waals surface area contributed by atoms with Crippen LogP contribution in [0.25, 0.3) is 55.0 Å². The topological polar surface area (TPSA) is 16.3 Å². The van der Waals surface area contributed by atoms with E-state index in [9.17, 15) is 0 Å². The van der Waals surface area contributed by atoms with Crippen LogP contribution in [0.15, 0.2) is 128 Å². The van der Waals surface area contributed by atoms with Crippen LogP contribution in [-0.4, -0.2) is 27.8 Å². The molecule has 4 nitrogen and oxygen atoms in total. The van der Waals surface area contributed by atoms with E-state index in [0.717, 1.165) is 6.67 Å². The summed E-state index contributed by atoms with van der Waals surface area (Å²) in [6.45, 7) is 0.859. The molecule has 3 heterocycles. The van der Waals surface area contributed by atoms with Gasteiger partial charge in [0.05, 0.1) is 28.7 Å². The van der Waals surface area contributed by atoms with Gasteiger partial charge in [0.15, 0.2) is 0 Å². The minimum atomic E-state index is 0.859. The van der Waals surface area contributed by atoms with E-state index in [-0.39, 0.29) is 0 Å². The van der Waals surface area contributed by atoms with Gasteiger partial charge in [0, 0.05) is 58.1 Å². The quantitative estimate of drug-likeness (QED) is 0.249. The lowest BCUT2D eigenvalue weighted by molar-refractivity contribution is 0.496. The van der Waals surface area contributed by atoms with Crippen molar-refractivity contribution in [3.05, 3.63) is 128 Å². The van der Waals surface area contributed by atoms with Crippen molar-refractivity contribution in [2.45, 2.75) is 0 Å². The summed E-state index contributed by atoms with van der Waals surface area (Å²) in [5.41, 5.74) is 8.42. The Bertz CT molecular complexity index is 2010. The lowest BCUT2D eigenvalue weighted by atomic mass is 10.1. The van der Waals surface area contributed by atoms with Crippen LogP contribution in [0.1, 0.15) is 0 Å². The smallest absolute Gasteiger partial charge is 0.0938 e. The minimum Gasteiger partial charge on any atom is -0.361 e. The second-order valence-electron chi connectivity index (χ2n) is 10.1. The Morgan fingerprint density at radius 1 is 0.447 bits per heavy atom. The normalized spacial score (nSPS) is 13.6. The summed E-state index contributed by atoms with van der Waals surface area (Å²) in [6.07, 6.45) is 4.28. The molecule has 4 heteroatoms. The Labute approximate surface area is 220 Å². The van der Waals surface area contributed by atoms with Crippen LogP contribution < -0.4 is 4.90 Å². The van der Waals surface area contributed by atoms with E-state index in [1.165, 1.54) is 60.7 Å². The third-order valence-corrected chi connectivity index (χ3v) is 7.78. The fraction of sp³-hybridized carbons (Fsp3) is 0.0588. The van der Waals surface area contributed by atoms with Gasteiger partial charge in [0.2, 0.25) is 0 Å². The monoisotopic (exact) mass is 490 g/mol. The fourth-order valence-corrected chi connectivity index (χ4v) is 6.06. The predicted octanol–water partition coefficient (Wildman–Crippen LogP) is 8.06. The molecular formula is C34H26N4. The molecule has 8 rings (SSSR count). The fourth-order valence-electron chi connectivity index (χ4n) is 6.06. The molecular weight excluding hydrogens is 464 g/mol. The van der Waals surface area contributed by atoms with Crippen molar-refractivity contribution in [2.75, 3.05) is 18.6 Å². The van der Waals surface area contributed by atoms with E-state index in [4.69, 9.17) is 0 Å². The number of para-hydroxylation sites is 3. The number of hydrogen-bond donors (Lipinski definition) is 0. The molecule has 182 valence electrons. The van der Waals surface area contributed by atoms with Crippen molar-refractivity contribution in [1.82, 2.24) is 14.0 Å². The van der Waals surface area contributed by atoms with E-state index >= 15 is 0 Å². The van der Waals surface area contributed by atoms with Crippen LogP contribution in [0, 0.1) is 0 Å². The first-order valence-corrected chi connectivity index (χ1v) is 13.0. The summed E-state index contributed by atoms with van der Waals surface area (Å²) in [7, 11) is 2.11. The minimum absolute atomic E-state index is 0.859. The number of anilines is 1. The van der Waals surface area contributed by atoms with Gasteiger partial charge in [-0.2, -0.15) is 0 Å². The third-order valence-electron chi connectivity index (χ3n) is 7.78. The maximum Gasteiger partial charge on any atom is 0.0938 e. The van der Waals surface area contributed by atoms with Crippen LogP contribution in [0.3, 0.4) is 0 Å². The van der Waals surface area contributed by atoms with Crippen LogP contribution in [0.2, 0.25) is 0 Å². The molecule has 0 radical (unpaired) electrons. The highest BCUT2D eigenvalue weighted by Gasteiger charge is 2.20. The number of nitrogens with zero attached hydrogens (tertiary/aromatic N) is 4. The second kappa shape index (κ2) is 8.02. The van der Waals surface area contributed by atoms with Gasteiger partial charge in [-0.25, -0.2) is 0 Å². The second-order valence-corrected chi connectivity index (χ2v) is 10.1. The average Bonchev–Trinajstić information content (AvgIpc) is 3.64. The third kappa shape index (κ3) is 3.04. The number of benzene rings is 5. The standard InChI is InChI=1S/C34H26N4/c1-35-18-19-36(23-35)26-16-17-32-28(20-26)30-21-29-27-14-8-9-15-31(27)37(24-10-4-2-5-11-24)33(29)22-34(30)38(32)25-12-6-3-7-13-25/h2-22H,23H2,1H3. The van der Waals surface area contributed by atoms with Gasteiger partial charge in [0.25, 0.3) is 0 Å². The number of rotatable bonds is 3. The van der Waals surface area contributed by atoms with Gasteiger partial charge >= 0.3 is 0 Å². The van der Waals surface area contributed by atoms with Crippen LogP contribution >= 0.6 is 0 Å². The van der Waals surface area contributed by atoms with Gasteiger partial charge in [0.1, 0.15) is 0 Å². The van der Waals surface area contributed by atoms with Gasteiger partial charge in [-0.3, -0.25) is 0 Å². The Morgan fingerprint density at radius 2 is 1.03 bits per heavy atom. The molecule has 1 aliphatic heterocycles. The molecule has 1 aliphatic rings. The average molecular weight is 491 g/mol. The summed E-state index contributed by atoms with van der Waals surface area (Å²) in [6, 6.07) is 41.8. The van der Waals surface area contributed by atoms with E-state index < -0.39 is 0 Å². The molecule has 0 saturated carbocycles. The van der Waals surface area contributed by atoms with Crippen molar-refractivity contribution in [3.8, 4) is 11.4 Å². The Hall–Kier alpha value is -4.96. The first-order chi connectivity index (χ1) is 18.8. The van der Waals surface area contributed by atoms with Gasteiger partial charge in [-0.1, -0.05) is 54.6 Å². The summed E-state index contributed by atoms with van der Waals surface area (Å²) in [5, 5.41) is 5.08.